The molecule has 1 unspecified atom stereocenters. The smallest absolute Gasteiger partial charge is 0.0455 e. The molecule has 1 aromatic carbocycles. The van der Waals surface area contributed by atoms with E-state index in [9.17, 15) is 0 Å². The molecule has 15 heavy (non-hydrogen) atoms. The second-order valence-electron chi connectivity index (χ2n) is 4.09. The second kappa shape index (κ2) is 4.86. The van der Waals surface area contributed by atoms with Gasteiger partial charge in [-0.3, -0.25) is 0 Å². The summed E-state index contributed by atoms with van der Waals surface area (Å²) in [6, 6.07) is 6.61. The number of nitrogens with one attached hydrogen (secondary N) is 2. The van der Waals surface area contributed by atoms with E-state index in [4.69, 9.17) is 11.6 Å². The highest BCUT2D eigenvalue weighted by Crippen LogP contribution is 2.23. The van der Waals surface area contributed by atoms with Gasteiger partial charge in [0.05, 0.1) is 0 Å². The van der Waals surface area contributed by atoms with Crippen LogP contribution in [0.4, 0.5) is 5.69 Å². The van der Waals surface area contributed by atoms with Gasteiger partial charge in [-0.25, -0.2) is 0 Å². The zero-order chi connectivity index (χ0) is 10.7. The molecule has 2 nitrogen and oxygen atoms in total. The third kappa shape index (κ3) is 2.64. The van der Waals surface area contributed by atoms with Crippen molar-refractivity contribution in [2.75, 3.05) is 18.4 Å². The Morgan fingerprint density at radius 3 is 3.13 bits per heavy atom. The van der Waals surface area contributed by atoms with Crippen molar-refractivity contribution in [3.8, 4) is 0 Å². The Kier molecular flexibility index (Phi) is 3.49. The Balaban J connectivity index is 1.95. The Labute approximate surface area is 96.0 Å². The Bertz CT molecular complexity index is 332. The van der Waals surface area contributed by atoms with Gasteiger partial charge >= 0.3 is 0 Å². The van der Waals surface area contributed by atoms with E-state index in [1.807, 2.05) is 19.1 Å². The molecule has 0 amide bonds. The largest absolute Gasteiger partial charge is 0.383 e. The van der Waals surface area contributed by atoms with Gasteiger partial charge in [-0.1, -0.05) is 17.7 Å². The van der Waals surface area contributed by atoms with Crippen molar-refractivity contribution in [2.45, 2.75) is 25.8 Å². The van der Waals surface area contributed by atoms with Crippen LogP contribution in [0.3, 0.4) is 0 Å². The molecule has 1 aliphatic heterocycles. The molecule has 0 saturated carbocycles. The topological polar surface area (TPSA) is 24.1 Å². The Morgan fingerprint density at radius 1 is 1.53 bits per heavy atom. The maximum atomic E-state index is 6.05. The minimum absolute atomic E-state index is 0.614. The standard InChI is InChI=1S/C12H17ClN2/c1-9-11(13)5-2-6-12(9)15-8-10-4-3-7-14-10/h2,5-6,10,14-15H,3-4,7-8H2,1H3. The molecular weight excluding hydrogens is 208 g/mol. The summed E-state index contributed by atoms with van der Waals surface area (Å²) in [6.07, 6.45) is 2.56. The molecule has 0 aromatic heterocycles. The molecule has 1 fully saturated rings. The number of hydrogen-bond donors (Lipinski definition) is 2. The molecule has 0 aliphatic carbocycles. The number of anilines is 1. The van der Waals surface area contributed by atoms with E-state index in [1.54, 1.807) is 0 Å². The average Bonchev–Trinajstić information content (AvgIpc) is 2.73. The van der Waals surface area contributed by atoms with Crippen molar-refractivity contribution in [3.63, 3.8) is 0 Å². The van der Waals surface area contributed by atoms with Crippen molar-refractivity contribution in [1.29, 1.82) is 0 Å². The van der Waals surface area contributed by atoms with E-state index >= 15 is 0 Å². The summed E-state index contributed by atoms with van der Waals surface area (Å²) >= 11 is 6.05. The van der Waals surface area contributed by atoms with Crippen molar-refractivity contribution >= 4 is 17.3 Å². The summed E-state index contributed by atoms with van der Waals surface area (Å²) in [5.41, 5.74) is 2.29. The number of halogens is 1. The normalized spacial score (nSPS) is 20.5. The monoisotopic (exact) mass is 224 g/mol. The Hall–Kier alpha value is -0.730. The van der Waals surface area contributed by atoms with Gasteiger partial charge in [-0.05, 0) is 44.0 Å². The quantitative estimate of drug-likeness (QED) is 0.825. The van der Waals surface area contributed by atoms with Crippen LogP contribution in [-0.2, 0) is 0 Å². The SMILES string of the molecule is Cc1c(Cl)cccc1NCC1CCCN1. The fourth-order valence-electron chi connectivity index (χ4n) is 1.96. The molecule has 1 saturated heterocycles. The lowest BCUT2D eigenvalue weighted by molar-refractivity contribution is 0.633. The third-order valence-electron chi connectivity index (χ3n) is 2.97. The average molecular weight is 225 g/mol. The molecule has 2 N–H and O–H groups in total. The van der Waals surface area contributed by atoms with Crippen LogP contribution in [-0.4, -0.2) is 19.1 Å². The van der Waals surface area contributed by atoms with Gasteiger partial charge in [0.1, 0.15) is 0 Å². The number of benzene rings is 1. The molecule has 0 radical (unpaired) electrons. The van der Waals surface area contributed by atoms with Gasteiger partial charge in [0, 0.05) is 23.3 Å². The van der Waals surface area contributed by atoms with E-state index in [1.165, 1.54) is 12.8 Å². The van der Waals surface area contributed by atoms with Gasteiger partial charge in [-0.15, -0.1) is 0 Å². The van der Waals surface area contributed by atoms with Crippen LogP contribution in [0.2, 0.25) is 5.02 Å². The lowest BCUT2D eigenvalue weighted by Gasteiger charge is -2.14. The zero-order valence-corrected chi connectivity index (χ0v) is 9.77. The van der Waals surface area contributed by atoms with Crippen LogP contribution in [0.15, 0.2) is 18.2 Å². The van der Waals surface area contributed by atoms with Gasteiger partial charge < -0.3 is 10.6 Å². The molecule has 0 spiro atoms. The van der Waals surface area contributed by atoms with Crippen LogP contribution in [0.25, 0.3) is 0 Å². The van der Waals surface area contributed by atoms with Gasteiger partial charge in [-0.2, -0.15) is 0 Å². The summed E-state index contributed by atoms with van der Waals surface area (Å²) in [7, 11) is 0. The highest BCUT2D eigenvalue weighted by molar-refractivity contribution is 6.31. The first-order chi connectivity index (χ1) is 7.27. The van der Waals surface area contributed by atoms with Crippen LogP contribution >= 0.6 is 11.6 Å². The van der Waals surface area contributed by atoms with Crippen LogP contribution in [0, 0.1) is 6.92 Å². The zero-order valence-electron chi connectivity index (χ0n) is 9.02. The van der Waals surface area contributed by atoms with E-state index in [2.05, 4.69) is 16.7 Å². The van der Waals surface area contributed by atoms with Crippen molar-refractivity contribution < 1.29 is 0 Å². The molecular formula is C12H17ClN2. The van der Waals surface area contributed by atoms with Crippen molar-refractivity contribution in [2.24, 2.45) is 0 Å². The highest BCUT2D eigenvalue weighted by Gasteiger charge is 2.13. The number of rotatable bonds is 3. The van der Waals surface area contributed by atoms with Gasteiger partial charge in [0.25, 0.3) is 0 Å². The summed E-state index contributed by atoms with van der Waals surface area (Å²) in [5.74, 6) is 0. The first-order valence-electron chi connectivity index (χ1n) is 5.50. The lowest BCUT2D eigenvalue weighted by Crippen LogP contribution is -2.29. The lowest BCUT2D eigenvalue weighted by atomic mass is 10.2. The molecule has 82 valence electrons. The molecule has 1 atom stereocenters. The molecule has 1 aliphatic rings. The van der Waals surface area contributed by atoms with E-state index in [0.29, 0.717) is 6.04 Å². The number of hydrogen-bond acceptors (Lipinski definition) is 2. The van der Waals surface area contributed by atoms with Gasteiger partial charge in [0.15, 0.2) is 0 Å². The van der Waals surface area contributed by atoms with Crippen molar-refractivity contribution in [1.82, 2.24) is 5.32 Å². The molecule has 3 heteroatoms. The summed E-state index contributed by atoms with van der Waals surface area (Å²) in [4.78, 5) is 0. The molecule has 1 aromatic rings. The Morgan fingerprint density at radius 2 is 2.40 bits per heavy atom. The summed E-state index contributed by atoms with van der Waals surface area (Å²) < 4.78 is 0. The van der Waals surface area contributed by atoms with Gasteiger partial charge in [0.2, 0.25) is 0 Å². The highest BCUT2D eigenvalue weighted by atomic mass is 35.5. The van der Waals surface area contributed by atoms with E-state index in [-0.39, 0.29) is 0 Å². The first-order valence-corrected chi connectivity index (χ1v) is 5.87. The molecule has 2 rings (SSSR count). The summed E-state index contributed by atoms with van der Waals surface area (Å²) in [5, 5.41) is 7.75. The fraction of sp³-hybridized carbons (Fsp3) is 0.500. The maximum Gasteiger partial charge on any atom is 0.0455 e. The minimum atomic E-state index is 0.614. The first kappa shape index (κ1) is 10.8. The molecule has 0 bridgehead atoms. The fourth-order valence-corrected chi connectivity index (χ4v) is 2.14. The molecule has 1 heterocycles. The van der Waals surface area contributed by atoms with E-state index < -0.39 is 0 Å². The summed E-state index contributed by atoms with van der Waals surface area (Å²) in [6.45, 7) is 4.19. The maximum absolute atomic E-state index is 6.05. The predicted octanol–water partition coefficient (Wildman–Crippen LogP) is 2.81. The van der Waals surface area contributed by atoms with Crippen LogP contribution in [0.5, 0.6) is 0 Å². The third-order valence-corrected chi connectivity index (χ3v) is 3.38. The second-order valence-corrected chi connectivity index (χ2v) is 4.49. The van der Waals surface area contributed by atoms with Crippen LogP contribution < -0.4 is 10.6 Å². The minimum Gasteiger partial charge on any atom is -0.383 e. The van der Waals surface area contributed by atoms with Crippen molar-refractivity contribution in [3.05, 3.63) is 28.8 Å². The van der Waals surface area contributed by atoms with E-state index in [0.717, 1.165) is 29.4 Å². The predicted molar refractivity (Wildman–Crippen MR) is 65.7 cm³/mol. The van der Waals surface area contributed by atoms with Crippen LogP contribution in [0.1, 0.15) is 18.4 Å².